The molecule has 2 aromatic rings. The summed E-state index contributed by atoms with van der Waals surface area (Å²) in [5, 5.41) is 7.92. The van der Waals surface area contributed by atoms with Crippen molar-refractivity contribution in [3.8, 4) is 5.75 Å². The third-order valence-corrected chi connectivity index (χ3v) is 3.31. The number of nitrogens with zero attached hydrogens (tertiary/aromatic N) is 3. The topological polar surface area (TPSA) is 66.2 Å². The Kier molecular flexibility index (Phi) is 4.57. The SMILES string of the molecule is CCOC(=O)c1nnc(C)n1C(C)c1ccc(OC)cc1. The molecule has 0 spiro atoms. The van der Waals surface area contributed by atoms with Crippen molar-refractivity contribution in [3.63, 3.8) is 0 Å². The molecule has 2 rings (SSSR count). The molecule has 0 radical (unpaired) electrons. The Balaban J connectivity index is 2.35. The molecule has 0 saturated heterocycles. The van der Waals surface area contributed by atoms with Crippen LogP contribution < -0.4 is 4.74 Å². The molecule has 0 saturated carbocycles. The van der Waals surface area contributed by atoms with E-state index >= 15 is 0 Å². The Morgan fingerprint density at radius 1 is 1.29 bits per heavy atom. The van der Waals surface area contributed by atoms with Crippen molar-refractivity contribution in [2.24, 2.45) is 0 Å². The van der Waals surface area contributed by atoms with Gasteiger partial charge in [0.25, 0.3) is 0 Å². The Labute approximate surface area is 123 Å². The number of rotatable bonds is 5. The van der Waals surface area contributed by atoms with Crippen LogP contribution in [-0.2, 0) is 4.74 Å². The van der Waals surface area contributed by atoms with Gasteiger partial charge in [-0.25, -0.2) is 4.79 Å². The number of hydrogen-bond acceptors (Lipinski definition) is 5. The summed E-state index contributed by atoms with van der Waals surface area (Å²) in [5.74, 6) is 1.22. The Hall–Kier alpha value is -2.37. The van der Waals surface area contributed by atoms with E-state index in [9.17, 15) is 4.79 Å². The van der Waals surface area contributed by atoms with Gasteiger partial charge < -0.3 is 9.47 Å². The van der Waals surface area contributed by atoms with E-state index in [2.05, 4.69) is 10.2 Å². The van der Waals surface area contributed by atoms with Crippen molar-refractivity contribution in [2.45, 2.75) is 26.8 Å². The second-order valence-electron chi connectivity index (χ2n) is 4.61. The number of methoxy groups -OCH3 is 1. The summed E-state index contributed by atoms with van der Waals surface area (Å²) in [4.78, 5) is 11.9. The lowest BCUT2D eigenvalue weighted by Crippen LogP contribution is -2.18. The molecule has 0 aliphatic heterocycles. The molecule has 6 heteroatoms. The van der Waals surface area contributed by atoms with Gasteiger partial charge in [-0.15, -0.1) is 10.2 Å². The van der Waals surface area contributed by atoms with Crippen molar-refractivity contribution in [2.75, 3.05) is 13.7 Å². The number of aromatic nitrogens is 3. The van der Waals surface area contributed by atoms with Crippen LogP contribution in [0, 0.1) is 6.92 Å². The van der Waals surface area contributed by atoms with Crippen LogP contribution in [0.15, 0.2) is 24.3 Å². The van der Waals surface area contributed by atoms with Gasteiger partial charge in [0.2, 0.25) is 5.82 Å². The Morgan fingerprint density at radius 2 is 1.95 bits per heavy atom. The number of carbonyl (C=O) groups is 1. The smallest absolute Gasteiger partial charge is 0.376 e. The molecular formula is C15H19N3O3. The van der Waals surface area contributed by atoms with Crippen molar-refractivity contribution in [1.29, 1.82) is 0 Å². The highest BCUT2D eigenvalue weighted by Crippen LogP contribution is 2.23. The molecule has 0 fully saturated rings. The van der Waals surface area contributed by atoms with Crippen molar-refractivity contribution in [3.05, 3.63) is 41.5 Å². The van der Waals surface area contributed by atoms with Crippen LogP contribution in [0.25, 0.3) is 0 Å². The zero-order valence-electron chi connectivity index (χ0n) is 12.7. The van der Waals surface area contributed by atoms with E-state index in [1.807, 2.05) is 38.1 Å². The maximum absolute atomic E-state index is 11.9. The molecule has 0 bridgehead atoms. The van der Waals surface area contributed by atoms with Crippen LogP contribution in [0.2, 0.25) is 0 Å². The maximum Gasteiger partial charge on any atom is 0.376 e. The van der Waals surface area contributed by atoms with E-state index in [4.69, 9.17) is 9.47 Å². The number of hydrogen-bond donors (Lipinski definition) is 0. The van der Waals surface area contributed by atoms with E-state index in [1.54, 1.807) is 18.6 Å². The van der Waals surface area contributed by atoms with Crippen LogP contribution >= 0.6 is 0 Å². The summed E-state index contributed by atoms with van der Waals surface area (Å²) >= 11 is 0. The molecule has 1 aromatic heterocycles. The standard InChI is InChI=1S/C15H19N3O3/c1-5-21-15(19)14-17-16-11(3)18(14)10(2)12-6-8-13(20-4)9-7-12/h6-10H,5H2,1-4H3. The van der Waals surface area contributed by atoms with E-state index in [-0.39, 0.29) is 11.9 Å². The Morgan fingerprint density at radius 3 is 2.52 bits per heavy atom. The lowest BCUT2D eigenvalue weighted by atomic mass is 10.1. The fraction of sp³-hybridized carbons (Fsp3) is 0.400. The molecule has 0 aliphatic rings. The minimum atomic E-state index is -0.460. The van der Waals surface area contributed by atoms with Gasteiger partial charge in [-0.2, -0.15) is 0 Å². The monoisotopic (exact) mass is 289 g/mol. The number of carbonyl (C=O) groups excluding carboxylic acids is 1. The van der Waals surface area contributed by atoms with Crippen molar-refractivity contribution in [1.82, 2.24) is 14.8 Å². The van der Waals surface area contributed by atoms with E-state index in [1.165, 1.54) is 0 Å². The highest BCUT2D eigenvalue weighted by atomic mass is 16.5. The first-order valence-electron chi connectivity index (χ1n) is 6.81. The molecule has 1 heterocycles. The molecule has 21 heavy (non-hydrogen) atoms. The number of ether oxygens (including phenoxy) is 2. The van der Waals surface area contributed by atoms with Gasteiger partial charge in [0, 0.05) is 0 Å². The normalized spacial score (nSPS) is 12.0. The van der Waals surface area contributed by atoms with Crippen LogP contribution in [0.4, 0.5) is 0 Å². The minimum absolute atomic E-state index is 0.0784. The van der Waals surface area contributed by atoms with Gasteiger partial charge in [0.05, 0.1) is 19.8 Å². The quantitative estimate of drug-likeness (QED) is 0.791. The molecule has 1 aromatic carbocycles. The third-order valence-electron chi connectivity index (χ3n) is 3.31. The molecule has 0 N–H and O–H groups in total. The Bertz CT molecular complexity index is 620. The average Bonchev–Trinajstić information content (AvgIpc) is 2.88. The average molecular weight is 289 g/mol. The molecule has 0 amide bonds. The van der Waals surface area contributed by atoms with Gasteiger partial charge in [-0.3, -0.25) is 4.57 Å². The predicted octanol–water partition coefficient (Wildman–Crippen LogP) is 2.38. The minimum Gasteiger partial charge on any atom is -0.497 e. The molecule has 0 aliphatic carbocycles. The van der Waals surface area contributed by atoms with Crippen molar-refractivity contribution >= 4 is 5.97 Å². The van der Waals surface area contributed by atoms with Gasteiger partial charge in [-0.1, -0.05) is 12.1 Å². The molecule has 1 atom stereocenters. The fourth-order valence-electron chi connectivity index (χ4n) is 2.20. The third kappa shape index (κ3) is 3.04. The summed E-state index contributed by atoms with van der Waals surface area (Å²) in [6.45, 7) is 5.87. The van der Waals surface area contributed by atoms with Crippen LogP contribution in [0.3, 0.4) is 0 Å². The maximum atomic E-state index is 11.9. The summed E-state index contributed by atoms with van der Waals surface area (Å²) in [7, 11) is 1.63. The predicted molar refractivity (Wildman–Crippen MR) is 77.5 cm³/mol. The summed E-state index contributed by atoms with van der Waals surface area (Å²) in [5.41, 5.74) is 1.03. The van der Waals surface area contributed by atoms with E-state index in [0.29, 0.717) is 12.4 Å². The number of esters is 1. The number of benzene rings is 1. The lowest BCUT2D eigenvalue weighted by molar-refractivity contribution is 0.0504. The van der Waals surface area contributed by atoms with E-state index in [0.717, 1.165) is 11.3 Å². The number of aryl methyl sites for hydroxylation is 1. The van der Waals surface area contributed by atoms with Crippen LogP contribution in [-0.4, -0.2) is 34.5 Å². The molecule has 112 valence electrons. The summed E-state index contributed by atoms with van der Waals surface area (Å²) in [6.07, 6.45) is 0. The largest absolute Gasteiger partial charge is 0.497 e. The highest BCUT2D eigenvalue weighted by molar-refractivity contribution is 5.85. The fourth-order valence-corrected chi connectivity index (χ4v) is 2.20. The first kappa shape index (κ1) is 15.0. The van der Waals surface area contributed by atoms with Gasteiger partial charge in [-0.05, 0) is 38.5 Å². The second kappa shape index (κ2) is 6.39. The summed E-state index contributed by atoms with van der Waals surface area (Å²) in [6, 6.07) is 7.60. The molecule has 6 nitrogen and oxygen atoms in total. The van der Waals surface area contributed by atoms with Gasteiger partial charge in [0.1, 0.15) is 11.6 Å². The van der Waals surface area contributed by atoms with Gasteiger partial charge in [0.15, 0.2) is 0 Å². The van der Waals surface area contributed by atoms with Crippen molar-refractivity contribution < 1.29 is 14.3 Å². The highest BCUT2D eigenvalue weighted by Gasteiger charge is 2.22. The zero-order chi connectivity index (χ0) is 15.4. The first-order chi connectivity index (χ1) is 10.1. The van der Waals surface area contributed by atoms with Crippen LogP contribution in [0.1, 0.15) is 41.9 Å². The molecular weight excluding hydrogens is 270 g/mol. The van der Waals surface area contributed by atoms with E-state index < -0.39 is 5.97 Å². The first-order valence-corrected chi connectivity index (χ1v) is 6.81. The second-order valence-corrected chi connectivity index (χ2v) is 4.61. The molecule has 1 unspecified atom stereocenters. The zero-order valence-corrected chi connectivity index (χ0v) is 12.7. The lowest BCUT2D eigenvalue weighted by Gasteiger charge is -2.17. The van der Waals surface area contributed by atoms with Crippen LogP contribution in [0.5, 0.6) is 5.75 Å². The van der Waals surface area contributed by atoms with Gasteiger partial charge >= 0.3 is 5.97 Å². The summed E-state index contributed by atoms with van der Waals surface area (Å²) < 4.78 is 12.0.